The van der Waals surface area contributed by atoms with E-state index < -0.39 is 0 Å². The van der Waals surface area contributed by atoms with Crippen molar-refractivity contribution >= 4 is 24.8 Å². The molecule has 0 radical (unpaired) electrons. The monoisotopic (exact) mass is 266 g/mol. The highest BCUT2D eigenvalue weighted by molar-refractivity contribution is 5.85. The van der Waals surface area contributed by atoms with Gasteiger partial charge in [-0.3, -0.25) is 4.68 Å². The van der Waals surface area contributed by atoms with E-state index in [4.69, 9.17) is 0 Å². The van der Waals surface area contributed by atoms with Crippen LogP contribution in [0.2, 0.25) is 0 Å². The van der Waals surface area contributed by atoms with E-state index in [2.05, 4.69) is 40.2 Å². The Bertz CT molecular complexity index is 288. The molecule has 0 saturated heterocycles. The van der Waals surface area contributed by atoms with Crippen LogP contribution in [0.15, 0.2) is 6.07 Å². The molecule has 0 unspecified atom stereocenters. The highest BCUT2D eigenvalue weighted by Crippen LogP contribution is 2.09. The number of hydrogen-bond donors (Lipinski definition) is 1. The van der Waals surface area contributed by atoms with E-state index in [9.17, 15) is 0 Å². The molecule has 0 spiro atoms. The standard InChI is InChI=1S/C10H18N4.2ClH/c1-13(2)8-9-6-10-7-11-4-3-5-14(10)12-9;;/h6,11H,3-5,7-8H2,1-2H3;2*1H. The zero-order valence-corrected chi connectivity index (χ0v) is 11.4. The molecule has 6 heteroatoms. The fourth-order valence-corrected chi connectivity index (χ4v) is 1.82. The summed E-state index contributed by atoms with van der Waals surface area (Å²) in [6.45, 7) is 4.04. The zero-order chi connectivity index (χ0) is 9.97. The number of halogens is 2. The first kappa shape index (κ1) is 15.7. The van der Waals surface area contributed by atoms with E-state index in [-0.39, 0.29) is 24.8 Å². The van der Waals surface area contributed by atoms with Crippen LogP contribution in [0.5, 0.6) is 0 Å². The maximum atomic E-state index is 4.59. The molecule has 1 aromatic heterocycles. The minimum Gasteiger partial charge on any atom is -0.311 e. The lowest BCUT2D eigenvalue weighted by Crippen LogP contribution is -2.12. The van der Waals surface area contributed by atoms with Gasteiger partial charge in [0.05, 0.1) is 11.4 Å². The fraction of sp³-hybridized carbons (Fsp3) is 0.700. The average molecular weight is 267 g/mol. The van der Waals surface area contributed by atoms with Gasteiger partial charge in [-0.25, -0.2) is 0 Å². The molecule has 1 aliphatic heterocycles. The molecular weight excluding hydrogens is 247 g/mol. The molecule has 0 amide bonds. The summed E-state index contributed by atoms with van der Waals surface area (Å²) in [5, 5.41) is 7.98. The molecule has 2 heterocycles. The smallest absolute Gasteiger partial charge is 0.0767 e. The number of aryl methyl sites for hydroxylation is 1. The molecular formula is C10H20Cl2N4. The van der Waals surface area contributed by atoms with Crippen molar-refractivity contribution in [1.29, 1.82) is 0 Å². The summed E-state index contributed by atoms with van der Waals surface area (Å²) in [5.41, 5.74) is 2.49. The molecule has 0 atom stereocenters. The number of aromatic nitrogens is 2. The molecule has 1 N–H and O–H groups in total. The lowest BCUT2D eigenvalue weighted by Gasteiger charge is -2.05. The van der Waals surface area contributed by atoms with Crippen LogP contribution in [0.4, 0.5) is 0 Å². The predicted molar refractivity (Wildman–Crippen MR) is 70.4 cm³/mol. The van der Waals surface area contributed by atoms with Gasteiger partial charge in [-0.2, -0.15) is 5.10 Å². The van der Waals surface area contributed by atoms with E-state index in [1.54, 1.807) is 0 Å². The summed E-state index contributed by atoms with van der Waals surface area (Å²) in [5.74, 6) is 0. The Balaban J connectivity index is 0.00000112. The van der Waals surface area contributed by atoms with E-state index in [0.29, 0.717) is 0 Å². The van der Waals surface area contributed by atoms with Crippen LogP contribution < -0.4 is 5.32 Å². The van der Waals surface area contributed by atoms with Crippen molar-refractivity contribution in [2.45, 2.75) is 26.1 Å². The van der Waals surface area contributed by atoms with Gasteiger partial charge in [0.2, 0.25) is 0 Å². The lowest BCUT2D eigenvalue weighted by molar-refractivity contribution is 0.393. The van der Waals surface area contributed by atoms with Gasteiger partial charge in [0, 0.05) is 19.6 Å². The van der Waals surface area contributed by atoms with Gasteiger partial charge in [-0.05, 0) is 33.1 Å². The first-order valence-electron chi connectivity index (χ1n) is 5.17. The van der Waals surface area contributed by atoms with Crippen molar-refractivity contribution in [2.24, 2.45) is 0 Å². The van der Waals surface area contributed by atoms with E-state index >= 15 is 0 Å². The van der Waals surface area contributed by atoms with Crippen molar-refractivity contribution in [1.82, 2.24) is 20.0 Å². The SMILES string of the molecule is CN(C)Cc1cc2n(n1)CCCNC2.Cl.Cl. The highest BCUT2D eigenvalue weighted by atomic mass is 35.5. The molecule has 2 rings (SSSR count). The van der Waals surface area contributed by atoms with Gasteiger partial charge < -0.3 is 10.2 Å². The van der Waals surface area contributed by atoms with Gasteiger partial charge in [-0.1, -0.05) is 0 Å². The first-order valence-corrected chi connectivity index (χ1v) is 5.17. The molecule has 4 nitrogen and oxygen atoms in total. The molecule has 0 fully saturated rings. The van der Waals surface area contributed by atoms with Crippen LogP contribution in [0.3, 0.4) is 0 Å². The van der Waals surface area contributed by atoms with E-state index in [1.165, 1.54) is 17.8 Å². The van der Waals surface area contributed by atoms with Crippen LogP contribution in [0.25, 0.3) is 0 Å². The summed E-state index contributed by atoms with van der Waals surface area (Å²) >= 11 is 0. The largest absolute Gasteiger partial charge is 0.311 e. The van der Waals surface area contributed by atoms with Crippen LogP contribution in [0.1, 0.15) is 17.8 Å². The normalized spacial score (nSPS) is 14.7. The van der Waals surface area contributed by atoms with Crippen LogP contribution in [-0.4, -0.2) is 35.3 Å². The second-order valence-corrected chi connectivity index (χ2v) is 4.12. The summed E-state index contributed by atoms with van der Waals surface area (Å²) in [7, 11) is 4.14. The zero-order valence-electron chi connectivity index (χ0n) is 9.77. The van der Waals surface area contributed by atoms with Crippen molar-refractivity contribution in [3.63, 3.8) is 0 Å². The summed E-state index contributed by atoms with van der Waals surface area (Å²) in [4.78, 5) is 2.15. The van der Waals surface area contributed by atoms with Gasteiger partial charge >= 0.3 is 0 Å². The molecule has 0 aliphatic carbocycles. The molecule has 1 aliphatic rings. The summed E-state index contributed by atoms with van der Waals surface area (Å²) < 4.78 is 2.14. The third-order valence-electron chi connectivity index (χ3n) is 2.42. The van der Waals surface area contributed by atoms with Crippen molar-refractivity contribution < 1.29 is 0 Å². The fourth-order valence-electron chi connectivity index (χ4n) is 1.82. The molecule has 1 aromatic rings. The number of fused-ring (bicyclic) bond motifs is 1. The van der Waals surface area contributed by atoms with Gasteiger partial charge in [-0.15, -0.1) is 24.8 Å². The highest BCUT2D eigenvalue weighted by Gasteiger charge is 2.10. The minimum absolute atomic E-state index is 0. The lowest BCUT2D eigenvalue weighted by atomic mass is 10.3. The molecule has 0 aromatic carbocycles. The van der Waals surface area contributed by atoms with Crippen molar-refractivity contribution in [3.8, 4) is 0 Å². The van der Waals surface area contributed by atoms with Crippen LogP contribution in [-0.2, 0) is 19.6 Å². The molecule has 0 bridgehead atoms. The third kappa shape index (κ3) is 3.94. The number of rotatable bonds is 2. The molecule has 94 valence electrons. The number of nitrogens with one attached hydrogen (secondary N) is 1. The van der Waals surface area contributed by atoms with E-state index in [0.717, 1.165) is 26.2 Å². The predicted octanol–water partition coefficient (Wildman–Crippen LogP) is 1.28. The van der Waals surface area contributed by atoms with Crippen LogP contribution >= 0.6 is 24.8 Å². The Morgan fingerprint density at radius 2 is 2.19 bits per heavy atom. The van der Waals surface area contributed by atoms with Gasteiger partial charge in [0.25, 0.3) is 0 Å². The Labute approximate surface area is 109 Å². The summed E-state index contributed by atoms with van der Waals surface area (Å²) in [6.07, 6.45) is 1.18. The quantitative estimate of drug-likeness (QED) is 0.876. The second kappa shape index (κ2) is 7.12. The second-order valence-electron chi connectivity index (χ2n) is 4.12. The van der Waals surface area contributed by atoms with Gasteiger partial charge in [0.1, 0.15) is 0 Å². The Morgan fingerprint density at radius 1 is 1.44 bits per heavy atom. The summed E-state index contributed by atoms with van der Waals surface area (Å²) in [6, 6.07) is 2.21. The van der Waals surface area contributed by atoms with Crippen molar-refractivity contribution in [3.05, 3.63) is 17.5 Å². The van der Waals surface area contributed by atoms with Gasteiger partial charge in [0.15, 0.2) is 0 Å². The number of nitrogens with zero attached hydrogens (tertiary/aromatic N) is 3. The number of hydrogen-bond acceptors (Lipinski definition) is 3. The Kier molecular flexibility index (Phi) is 6.99. The minimum atomic E-state index is 0. The topological polar surface area (TPSA) is 33.1 Å². The third-order valence-corrected chi connectivity index (χ3v) is 2.42. The first-order chi connectivity index (χ1) is 6.75. The molecule has 16 heavy (non-hydrogen) atoms. The van der Waals surface area contributed by atoms with E-state index in [1.807, 2.05) is 0 Å². The maximum absolute atomic E-state index is 4.59. The Hall–Kier alpha value is -0.290. The maximum Gasteiger partial charge on any atom is 0.0767 e. The molecule has 0 saturated carbocycles. The van der Waals surface area contributed by atoms with Crippen LogP contribution in [0, 0.1) is 0 Å². The van der Waals surface area contributed by atoms with Crippen molar-refractivity contribution in [2.75, 3.05) is 20.6 Å². The Morgan fingerprint density at radius 3 is 2.88 bits per heavy atom. The average Bonchev–Trinajstić information content (AvgIpc) is 2.34.